The second kappa shape index (κ2) is 7.41. The van der Waals surface area contributed by atoms with Crippen molar-refractivity contribution in [3.8, 4) is 0 Å². The number of piperidine rings is 3. The van der Waals surface area contributed by atoms with Gasteiger partial charge in [-0.05, 0) is 67.1 Å². The van der Waals surface area contributed by atoms with Crippen molar-refractivity contribution in [2.75, 3.05) is 26.2 Å². The first-order valence-electron chi connectivity index (χ1n) is 10.3. The molecule has 152 valence electrons. The summed E-state index contributed by atoms with van der Waals surface area (Å²) in [7, 11) is 0. The van der Waals surface area contributed by atoms with Gasteiger partial charge in [0, 0.05) is 19.2 Å². The summed E-state index contributed by atoms with van der Waals surface area (Å²) in [6.07, 6.45) is 2.30. The van der Waals surface area contributed by atoms with Crippen LogP contribution in [0.5, 0.6) is 0 Å². The Balaban J connectivity index is 1.47. The molecule has 0 aliphatic carbocycles. The number of carbonyl (C=O) groups excluding carboxylic acids is 1. The minimum absolute atomic E-state index is 0.105. The Morgan fingerprint density at radius 2 is 1.72 bits per heavy atom. The fraction of sp³-hybridized carbons (Fsp3) is 0.435. The van der Waals surface area contributed by atoms with E-state index in [1.807, 2.05) is 24.3 Å². The van der Waals surface area contributed by atoms with Crippen LogP contribution >= 0.6 is 0 Å². The smallest absolute Gasteiger partial charge is 0.410 e. The molecule has 2 atom stereocenters. The van der Waals surface area contributed by atoms with Gasteiger partial charge in [0.2, 0.25) is 0 Å². The Labute approximate surface area is 169 Å². The molecule has 2 bridgehead atoms. The van der Waals surface area contributed by atoms with E-state index in [9.17, 15) is 13.6 Å². The maximum absolute atomic E-state index is 14.0. The molecule has 4 heterocycles. The predicted molar refractivity (Wildman–Crippen MR) is 104 cm³/mol. The summed E-state index contributed by atoms with van der Waals surface area (Å²) in [5.41, 5.74) is 2.42. The number of benzene rings is 2. The van der Waals surface area contributed by atoms with Gasteiger partial charge < -0.3 is 4.74 Å². The summed E-state index contributed by atoms with van der Waals surface area (Å²) in [6.45, 7) is 3.38. The van der Waals surface area contributed by atoms with Gasteiger partial charge >= 0.3 is 6.09 Å². The molecule has 4 nitrogen and oxygen atoms in total. The lowest BCUT2D eigenvalue weighted by molar-refractivity contribution is -0.0462. The molecule has 4 aliphatic rings. The predicted octanol–water partition coefficient (Wildman–Crippen LogP) is 4.14. The molecule has 6 rings (SSSR count). The highest BCUT2D eigenvalue weighted by Gasteiger charge is 2.39. The van der Waals surface area contributed by atoms with Crippen molar-refractivity contribution >= 4 is 6.09 Å². The van der Waals surface area contributed by atoms with Crippen molar-refractivity contribution in [2.45, 2.75) is 31.4 Å². The van der Waals surface area contributed by atoms with E-state index < -0.39 is 23.8 Å². The molecule has 0 aromatic heterocycles. The summed E-state index contributed by atoms with van der Waals surface area (Å²) >= 11 is 0. The normalized spacial score (nSPS) is 28.1. The first-order valence-corrected chi connectivity index (χ1v) is 10.3. The lowest BCUT2D eigenvalue weighted by atomic mass is 9.86. The first-order chi connectivity index (χ1) is 14.1. The van der Waals surface area contributed by atoms with E-state index >= 15 is 0 Å². The number of rotatable bonds is 2. The van der Waals surface area contributed by atoms with Gasteiger partial charge in [0.15, 0.2) is 0 Å². The molecular formula is C23H24F2N2O2. The molecule has 29 heavy (non-hydrogen) atoms. The van der Waals surface area contributed by atoms with Gasteiger partial charge in [-0.15, -0.1) is 0 Å². The van der Waals surface area contributed by atoms with Crippen molar-refractivity contribution in [2.24, 2.45) is 5.92 Å². The lowest BCUT2D eigenvalue weighted by Crippen LogP contribution is -2.53. The van der Waals surface area contributed by atoms with Crippen LogP contribution in [0, 0.1) is 17.6 Å². The van der Waals surface area contributed by atoms with Crippen molar-refractivity contribution in [3.05, 3.63) is 70.8 Å². The van der Waals surface area contributed by atoms with Gasteiger partial charge in [-0.3, -0.25) is 9.80 Å². The number of carbonyl (C=O) groups is 1. The Morgan fingerprint density at radius 3 is 2.41 bits per heavy atom. The number of ether oxygens (including phenoxy) is 1. The van der Waals surface area contributed by atoms with Gasteiger partial charge in [-0.2, -0.15) is 0 Å². The number of fused-ring (bicyclic) bond motifs is 4. The second-order valence-electron chi connectivity index (χ2n) is 8.31. The third-order valence-electron chi connectivity index (χ3n) is 6.57. The SMILES string of the molecule is O=C(O[C@@H]1CN2CCC1CC2)N1CCc2ccccc2[C@H]1c1cc(F)cc(F)c1. The Hall–Kier alpha value is -2.47. The topological polar surface area (TPSA) is 32.8 Å². The average molecular weight is 398 g/mol. The van der Waals surface area contributed by atoms with E-state index in [1.54, 1.807) is 4.90 Å². The van der Waals surface area contributed by atoms with E-state index in [0.717, 1.165) is 49.7 Å². The summed E-state index contributed by atoms with van der Waals surface area (Å²) in [4.78, 5) is 17.2. The van der Waals surface area contributed by atoms with Gasteiger partial charge in [-0.1, -0.05) is 24.3 Å². The number of hydrogen-bond acceptors (Lipinski definition) is 3. The first kappa shape index (κ1) is 18.6. The van der Waals surface area contributed by atoms with Crippen molar-refractivity contribution in [1.82, 2.24) is 9.80 Å². The van der Waals surface area contributed by atoms with E-state index in [2.05, 4.69) is 4.90 Å². The highest BCUT2D eigenvalue weighted by atomic mass is 19.1. The summed E-state index contributed by atoms with van der Waals surface area (Å²) in [6, 6.07) is 10.7. The Morgan fingerprint density at radius 1 is 1.00 bits per heavy atom. The van der Waals surface area contributed by atoms with Crippen LogP contribution < -0.4 is 0 Å². The zero-order valence-electron chi connectivity index (χ0n) is 16.2. The van der Waals surface area contributed by atoms with Gasteiger partial charge in [0.05, 0.1) is 6.04 Å². The van der Waals surface area contributed by atoms with Crippen molar-refractivity contribution in [3.63, 3.8) is 0 Å². The summed E-state index contributed by atoms with van der Waals surface area (Å²) in [5.74, 6) is -0.881. The molecule has 1 amide bonds. The van der Waals surface area contributed by atoms with Gasteiger partial charge in [0.1, 0.15) is 17.7 Å². The van der Waals surface area contributed by atoms with Crippen LogP contribution in [0.25, 0.3) is 0 Å². The number of hydrogen-bond donors (Lipinski definition) is 0. The molecule has 6 heteroatoms. The lowest BCUT2D eigenvalue weighted by Gasteiger charge is -2.45. The highest BCUT2D eigenvalue weighted by Crippen LogP contribution is 2.37. The fourth-order valence-electron chi connectivity index (χ4n) is 5.10. The zero-order valence-corrected chi connectivity index (χ0v) is 16.2. The van der Waals surface area contributed by atoms with Crippen molar-refractivity contribution < 1.29 is 18.3 Å². The molecule has 0 N–H and O–H groups in total. The number of halogens is 2. The van der Waals surface area contributed by atoms with Crippen LogP contribution in [0.2, 0.25) is 0 Å². The molecule has 0 unspecified atom stereocenters. The zero-order chi connectivity index (χ0) is 20.0. The minimum Gasteiger partial charge on any atom is -0.444 e. The van der Waals surface area contributed by atoms with E-state index in [4.69, 9.17) is 4.74 Å². The molecule has 3 fully saturated rings. The molecule has 3 saturated heterocycles. The molecule has 2 aromatic carbocycles. The quantitative estimate of drug-likeness (QED) is 0.762. The van der Waals surface area contributed by atoms with E-state index in [1.165, 1.54) is 12.1 Å². The maximum atomic E-state index is 14.0. The second-order valence-corrected chi connectivity index (χ2v) is 8.31. The standard InChI is InChI=1S/C23H24F2N2O2/c24-18-11-17(12-19(25)13-18)22-20-4-2-1-3-15(20)7-10-27(22)23(28)29-21-14-26-8-5-16(21)6-9-26/h1-4,11-13,16,21-22H,5-10,14H2/t21-,22-/m1/s1. The fourth-order valence-corrected chi connectivity index (χ4v) is 5.10. The van der Waals surface area contributed by atoms with Gasteiger partial charge in [-0.25, -0.2) is 13.6 Å². The average Bonchev–Trinajstić information content (AvgIpc) is 2.73. The third kappa shape index (κ3) is 3.50. The van der Waals surface area contributed by atoms with Crippen LogP contribution in [0.1, 0.15) is 35.6 Å². The Bertz CT molecular complexity index is 907. The highest BCUT2D eigenvalue weighted by molar-refractivity contribution is 5.70. The number of nitrogens with zero attached hydrogens (tertiary/aromatic N) is 2. The van der Waals surface area contributed by atoms with E-state index in [0.29, 0.717) is 24.4 Å². The van der Waals surface area contributed by atoms with Crippen LogP contribution in [-0.4, -0.2) is 48.2 Å². The number of amides is 1. The molecule has 0 spiro atoms. The van der Waals surface area contributed by atoms with E-state index in [-0.39, 0.29) is 6.10 Å². The molecule has 0 saturated carbocycles. The third-order valence-corrected chi connectivity index (χ3v) is 6.57. The molecule has 0 radical (unpaired) electrons. The molecular weight excluding hydrogens is 374 g/mol. The maximum Gasteiger partial charge on any atom is 0.410 e. The summed E-state index contributed by atoms with van der Waals surface area (Å²) in [5, 5.41) is 0. The van der Waals surface area contributed by atoms with Crippen molar-refractivity contribution in [1.29, 1.82) is 0 Å². The van der Waals surface area contributed by atoms with Crippen LogP contribution in [-0.2, 0) is 11.2 Å². The Kier molecular flexibility index (Phi) is 4.74. The molecule has 2 aromatic rings. The van der Waals surface area contributed by atoms with Crippen LogP contribution in [0.3, 0.4) is 0 Å². The monoisotopic (exact) mass is 398 g/mol. The minimum atomic E-state index is -0.645. The van der Waals surface area contributed by atoms with Crippen LogP contribution in [0.4, 0.5) is 13.6 Å². The van der Waals surface area contributed by atoms with Gasteiger partial charge in [0.25, 0.3) is 0 Å². The largest absolute Gasteiger partial charge is 0.444 e. The molecule has 4 aliphatic heterocycles. The van der Waals surface area contributed by atoms with Crippen LogP contribution in [0.15, 0.2) is 42.5 Å². The summed E-state index contributed by atoms with van der Waals surface area (Å²) < 4.78 is 33.9.